The standard InChI is InChI=1S/C18H14ClNO5/c1-9(21)17-16(10-3-5-11(24-2)6-4-10)18(25-20-17)12-7-13(19)15(23)8-14(12)22/h3-8,22-23H,1-2H3. The summed E-state index contributed by atoms with van der Waals surface area (Å²) < 4.78 is 10.5. The smallest absolute Gasteiger partial charge is 0.182 e. The van der Waals surface area contributed by atoms with Gasteiger partial charge in [-0.05, 0) is 23.8 Å². The number of aromatic nitrogens is 1. The van der Waals surface area contributed by atoms with E-state index in [0.717, 1.165) is 6.07 Å². The van der Waals surface area contributed by atoms with E-state index in [4.69, 9.17) is 20.9 Å². The van der Waals surface area contributed by atoms with Gasteiger partial charge in [-0.25, -0.2) is 0 Å². The molecule has 0 atom stereocenters. The first-order valence-electron chi connectivity index (χ1n) is 7.29. The van der Waals surface area contributed by atoms with Gasteiger partial charge in [-0.1, -0.05) is 28.9 Å². The summed E-state index contributed by atoms with van der Waals surface area (Å²) in [5, 5.41) is 23.6. The lowest BCUT2D eigenvalue weighted by Gasteiger charge is -2.08. The number of carbonyl (C=O) groups is 1. The lowest BCUT2D eigenvalue weighted by Crippen LogP contribution is -1.95. The van der Waals surface area contributed by atoms with Gasteiger partial charge in [0.15, 0.2) is 17.2 Å². The van der Waals surface area contributed by atoms with Crippen molar-refractivity contribution in [3.05, 3.63) is 47.1 Å². The van der Waals surface area contributed by atoms with Gasteiger partial charge in [-0.15, -0.1) is 0 Å². The van der Waals surface area contributed by atoms with E-state index in [1.54, 1.807) is 31.4 Å². The third-order valence-corrected chi connectivity index (χ3v) is 4.02. The molecule has 128 valence electrons. The second kappa shape index (κ2) is 6.49. The molecule has 0 saturated heterocycles. The quantitative estimate of drug-likeness (QED) is 0.675. The van der Waals surface area contributed by atoms with Crippen molar-refractivity contribution in [1.29, 1.82) is 0 Å². The summed E-state index contributed by atoms with van der Waals surface area (Å²) in [5.41, 5.74) is 1.43. The van der Waals surface area contributed by atoms with Crippen LogP contribution in [0.15, 0.2) is 40.9 Å². The fourth-order valence-corrected chi connectivity index (χ4v) is 2.64. The molecule has 6 nitrogen and oxygen atoms in total. The number of nitrogens with zero attached hydrogens (tertiary/aromatic N) is 1. The Balaban J connectivity index is 2.25. The Morgan fingerprint density at radius 3 is 2.44 bits per heavy atom. The zero-order valence-corrected chi connectivity index (χ0v) is 14.2. The number of methoxy groups -OCH3 is 1. The molecule has 0 aliphatic carbocycles. The molecule has 0 spiro atoms. The summed E-state index contributed by atoms with van der Waals surface area (Å²) in [5.74, 6) is 0.0322. The second-order valence-electron chi connectivity index (χ2n) is 5.34. The first kappa shape index (κ1) is 16.9. The number of phenols is 2. The molecule has 0 aliphatic heterocycles. The normalized spacial score (nSPS) is 10.7. The molecule has 1 aromatic heterocycles. The zero-order chi connectivity index (χ0) is 18.1. The van der Waals surface area contributed by atoms with Gasteiger partial charge in [0.2, 0.25) is 0 Å². The van der Waals surface area contributed by atoms with Gasteiger partial charge in [0, 0.05) is 13.0 Å². The minimum Gasteiger partial charge on any atom is -0.507 e. The topological polar surface area (TPSA) is 92.8 Å². The average Bonchev–Trinajstić information content (AvgIpc) is 3.03. The summed E-state index contributed by atoms with van der Waals surface area (Å²) in [7, 11) is 1.55. The Bertz CT molecular complexity index is 947. The molecule has 2 N–H and O–H groups in total. The largest absolute Gasteiger partial charge is 0.507 e. The van der Waals surface area contributed by atoms with Crippen molar-refractivity contribution < 1.29 is 24.3 Å². The Morgan fingerprint density at radius 2 is 1.84 bits per heavy atom. The Hall–Kier alpha value is -2.99. The van der Waals surface area contributed by atoms with Crippen LogP contribution in [0.1, 0.15) is 17.4 Å². The van der Waals surface area contributed by atoms with E-state index in [1.807, 2.05) is 0 Å². The van der Waals surface area contributed by atoms with Gasteiger partial charge in [-0.3, -0.25) is 4.79 Å². The number of Topliss-reactive ketones (excluding diaryl/α,β-unsaturated/α-hetero) is 1. The minimum absolute atomic E-state index is 0.0363. The summed E-state index contributed by atoms with van der Waals surface area (Å²) in [4.78, 5) is 11.9. The number of phenolic OH excluding ortho intramolecular Hbond substituents is 2. The van der Waals surface area contributed by atoms with Crippen LogP contribution in [0.2, 0.25) is 5.02 Å². The third kappa shape index (κ3) is 3.04. The summed E-state index contributed by atoms with van der Waals surface area (Å²) in [6, 6.07) is 9.43. The SMILES string of the molecule is COc1ccc(-c2c(C(C)=O)noc2-c2cc(Cl)c(O)cc2O)cc1. The maximum absolute atomic E-state index is 11.9. The van der Waals surface area contributed by atoms with E-state index in [9.17, 15) is 15.0 Å². The number of rotatable bonds is 4. The van der Waals surface area contributed by atoms with Gasteiger partial charge in [0.1, 0.15) is 17.2 Å². The van der Waals surface area contributed by atoms with Crippen LogP contribution in [-0.4, -0.2) is 28.3 Å². The van der Waals surface area contributed by atoms with Crippen LogP contribution in [0.4, 0.5) is 0 Å². The summed E-state index contributed by atoms with van der Waals surface area (Å²) in [6.07, 6.45) is 0. The lowest BCUT2D eigenvalue weighted by atomic mass is 9.97. The number of aromatic hydroxyl groups is 2. The van der Waals surface area contributed by atoms with Crippen LogP contribution in [-0.2, 0) is 0 Å². The van der Waals surface area contributed by atoms with Crippen LogP contribution in [0.5, 0.6) is 17.2 Å². The van der Waals surface area contributed by atoms with Gasteiger partial charge < -0.3 is 19.5 Å². The number of carbonyl (C=O) groups excluding carboxylic acids is 1. The van der Waals surface area contributed by atoms with Crippen molar-refractivity contribution >= 4 is 17.4 Å². The highest BCUT2D eigenvalue weighted by atomic mass is 35.5. The van der Waals surface area contributed by atoms with Crippen LogP contribution < -0.4 is 4.74 Å². The minimum atomic E-state index is -0.287. The molecule has 1 heterocycles. The van der Waals surface area contributed by atoms with Gasteiger partial charge in [-0.2, -0.15) is 0 Å². The number of halogens is 1. The van der Waals surface area contributed by atoms with Gasteiger partial charge in [0.25, 0.3) is 0 Å². The van der Waals surface area contributed by atoms with Crippen LogP contribution in [0, 0.1) is 0 Å². The number of ketones is 1. The number of hydrogen-bond donors (Lipinski definition) is 2. The second-order valence-corrected chi connectivity index (χ2v) is 5.75. The van der Waals surface area contributed by atoms with E-state index in [-0.39, 0.29) is 39.3 Å². The number of ether oxygens (including phenoxy) is 1. The number of hydrogen-bond acceptors (Lipinski definition) is 6. The van der Waals surface area contributed by atoms with Gasteiger partial charge in [0.05, 0.1) is 23.3 Å². The third-order valence-electron chi connectivity index (χ3n) is 3.71. The highest BCUT2D eigenvalue weighted by molar-refractivity contribution is 6.32. The van der Waals surface area contributed by atoms with Crippen molar-refractivity contribution in [3.63, 3.8) is 0 Å². The molecule has 0 bridgehead atoms. The Kier molecular flexibility index (Phi) is 4.37. The van der Waals surface area contributed by atoms with E-state index in [0.29, 0.717) is 16.9 Å². The summed E-state index contributed by atoms with van der Waals surface area (Å²) in [6.45, 7) is 1.37. The molecule has 0 aliphatic rings. The molecule has 0 fully saturated rings. The van der Waals surface area contributed by atoms with Crippen LogP contribution in [0.3, 0.4) is 0 Å². The van der Waals surface area contributed by atoms with Crippen molar-refractivity contribution in [2.45, 2.75) is 6.92 Å². The molecule has 25 heavy (non-hydrogen) atoms. The fraction of sp³-hybridized carbons (Fsp3) is 0.111. The molecule has 0 radical (unpaired) electrons. The Labute approximate surface area is 148 Å². The van der Waals surface area contributed by atoms with E-state index in [2.05, 4.69) is 5.16 Å². The Morgan fingerprint density at radius 1 is 1.16 bits per heavy atom. The van der Waals surface area contributed by atoms with E-state index < -0.39 is 0 Å². The zero-order valence-electron chi connectivity index (χ0n) is 13.4. The molecule has 3 rings (SSSR count). The monoisotopic (exact) mass is 359 g/mol. The first-order chi connectivity index (χ1) is 11.9. The van der Waals surface area contributed by atoms with Crippen LogP contribution >= 0.6 is 11.6 Å². The highest BCUT2D eigenvalue weighted by Gasteiger charge is 2.25. The molecular formula is C18H14ClNO5. The fourth-order valence-electron chi connectivity index (χ4n) is 2.47. The maximum atomic E-state index is 11.9. The van der Waals surface area contributed by atoms with E-state index in [1.165, 1.54) is 13.0 Å². The molecular weight excluding hydrogens is 346 g/mol. The average molecular weight is 360 g/mol. The molecule has 2 aromatic carbocycles. The van der Waals surface area contributed by atoms with Crippen molar-refractivity contribution in [1.82, 2.24) is 5.16 Å². The van der Waals surface area contributed by atoms with Crippen LogP contribution in [0.25, 0.3) is 22.5 Å². The molecule has 0 unspecified atom stereocenters. The van der Waals surface area contributed by atoms with Gasteiger partial charge >= 0.3 is 0 Å². The van der Waals surface area contributed by atoms with Crippen molar-refractivity contribution in [2.24, 2.45) is 0 Å². The van der Waals surface area contributed by atoms with E-state index >= 15 is 0 Å². The van der Waals surface area contributed by atoms with Crippen molar-refractivity contribution in [3.8, 4) is 39.7 Å². The first-order valence-corrected chi connectivity index (χ1v) is 7.67. The lowest BCUT2D eigenvalue weighted by molar-refractivity contribution is 0.101. The highest BCUT2D eigenvalue weighted by Crippen LogP contribution is 2.43. The molecule has 7 heteroatoms. The molecule has 0 saturated carbocycles. The summed E-state index contributed by atoms with van der Waals surface area (Å²) >= 11 is 5.94. The predicted molar refractivity (Wildman–Crippen MR) is 92.3 cm³/mol. The number of benzene rings is 2. The molecule has 0 amide bonds. The molecule has 3 aromatic rings. The maximum Gasteiger partial charge on any atom is 0.182 e. The predicted octanol–water partition coefficient (Wildman–Crippen LogP) is 4.28. The van der Waals surface area contributed by atoms with Crippen molar-refractivity contribution in [2.75, 3.05) is 7.11 Å².